The highest BCUT2D eigenvalue weighted by Gasteiger charge is 2.46. The molecule has 1 fully saturated rings. The zero-order valence-corrected chi connectivity index (χ0v) is 24.2. The first-order valence-electron chi connectivity index (χ1n) is 13.4. The van der Waals surface area contributed by atoms with Crippen LogP contribution in [0.15, 0.2) is 47.0 Å². The minimum atomic E-state index is -0.662. The lowest BCUT2D eigenvalue weighted by Crippen LogP contribution is -2.50. The summed E-state index contributed by atoms with van der Waals surface area (Å²) in [6.45, 7) is 11.1. The second-order valence-electron chi connectivity index (χ2n) is 11.7. The van der Waals surface area contributed by atoms with Gasteiger partial charge in [0.15, 0.2) is 5.13 Å². The number of hydrogen-bond acceptors (Lipinski definition) is 7. The Labute approximate surface area is 237 Å². The first-order valence-corrected chi connectivity index (χ1v) is 14.3. The molecule has 9 nitrogen and oxygen atoms in total. The van der Waals surface area contributed by atoms with Gasteiger partial charge in [0.2, 0.25) is 5.91 Å². The highest BCUT2D eigenvalue weighted by molar-refractivity contribution is 7.14. The predicted molar refractivity (Wildman–Crippen MR) is 153 cm³/mol. The number of nitrogens with zero attached hydrogens (tertiary/aromatic N) is 4. The van der Waals surface area contributed by atoms with Crippen molar-refractivity contribution in [2.45, 2.75) is 53.1 Å². The summed E-state index contributed by atoms with van der Waals surface area (Å²) in [6.07, 6.45) is 5.29. The molecule has 0 bridgehead atoms. The molecule has 0 saturated carbocycles. The number of amides is 3. The summed E-state index contributed by atoms with van der Waals surface area (Å²) < 4.78 is 19.7. The first kappa shape index (κ1) is 27.8. The number of carbonyl (C=O) groups is 3. The molecule has 11 heteroatoms. The molecule has 2 aliphatic heterocycles. The fourth-order valence-corrected chi connectivity index (χ4v) is 6.00. The number of rotatable bonds is 4. The van der Waals surface area contributed by atoms with Crippen molar-refractivity contribution in [3.8, 4) is 0 Å². The minimum Gasteiger partial charge on any atom is -0.444 e. The molecule has 2 aromatic rings. The lowest BCUT2D eigenvalue weighted by Gasteiger charge is -2.37. The molecule has 40 heavy (non-hydrogen) atoms. The molecular formula is C29H34FN5O4S. The number of thiazole rings is 1. The van der Waals surface area contributed by atoms with Gasteiger partial charge in [0.1, 0.15) is 17.1 Å². The van der Waals surface area contributed by atoms with Gasteiger partial charge in [0.05, 0.1) is 16.8 Å². The first-order chi connectivity index (χ1) is 18.8. The van der Waals surface area contributed by atoms with Crippen molar-refractivity contribution in [2.75, 3.05) is 41.3 Å². The molecule has 3 amide bonds. The number of piperazine rings is 1. The van der Waals surface area contributed by atoms with E-state index >= 15 is 0 Å². The zero-order chi connectivity index (χ0) is 28.8. The van der Waals surface area contributed by atoms with Crippen LogP contribution in [0.5, 0.6) is 0 Å². The normalized spacial score (nSPS) is 18.8. The summed E-state index contributed by atoms with van der Waals surface area (Å²) in [5.74, 6) is -1.05. The SMILES string of the molecule is CC(C)(C)OC(=O)N1CCN(c2ccc(F)cc2NC(=O)c2csc(N3C(=O)C(C)(C)C4=C3CCC=C4)n2)CC1. The molecule has 1 aromatic heterocycles. The van der Waals surface area contributed by atoms with Crippen molar-refractivity contribution >= 4 is 45.8 Å². The van der Waals surface area contributed by atoms with E-state index in [9.17, 15) is 18.8 Å². The zero-order valence-electron chi connectivity index (χ0n) is 23.4. The van der Waals surface area contributed by atoms with Gasteiger partial charge < -0.3 is 19.9 Å². The number of halogens is 1. The Balaban J connectivity index is 1.31. The summed E-state index contributed by atoms with van der Waals surface area (Å²) in [5, 5.41) is 4.87. The molecule has 1 saturated heterocycles. The maximum atomic E-state index is 14.3. The van der Waals surface area contributed by atoms with Crippen LogP contribution >= 0.6 is 11.3 Å². The molecule has 1 aliphatic carbocycles. The third-order valence-electron chi connectivity index (χ3n) is 7.22. The van der Waals surface area contributed by atoms with E-state index in [0.717, 1.165) is 24.1 Å². The van der Waals surface area contributed by atoms with Gasteiger partial charge in [0.25, 0.3) is 5.91 Å². The number of benzene rings is 1. The van der Waals surface area contributed by atoms with Crippen molar-refractivity contribution in [3.63, 3.8) is 0 Å². The Kier molecular flexibility index (Phi) is 7.20. The highest BCUT2D eigenvalue weighted by Crippen LogP contribution is 2.46. The molecule has 1 aromatic carbocycles. The van der Waals surface area contributed by atoms with Crippen LogP contribution in [-0.2, 0) is 9.53 Å². The second-order valence-corrected chi connectivity index (χ2v) is 12.5. The van der Waals surface area contributed by atoms with Gasteiger partial charge in [-0.1, -0.05) is 12.2 Å². The Morgan fingerprint density at radius 3 is 2.58 bits per heavy atom. The van der Waals surface area contributed by atoms with E-state index in [1.165, 1.54) is 23.5 Å². The van der Waals surface area contributed by atoms with Gasteiger partial charge in [-0.25, -0.2) is 14.2 Å². The molecule has 3 heterocycles. The molecule has 3 aliphatic rings. The van der Waals surface area contributed by atoms with Crippen molar-refractivity contribution in [1.82, 2.24) is 9.88 Å². The fraction of sp³-hybridized carbons (Fsp3) is 0.448. The molecular weight excluding hydrogens is 533 g/mol. The van der Waals surface area contributed by atoms with E-state index in [0.29, 0.717) is 42.7 Å². The maximum Gasteiger partial charge on any atom is 0.410 e. The van der Waals surface area contributed by atoms with Crippen molar-refractivity contribution in [1.29, 1.82) is 0 Å². The third kappa shape index (κ3) is 5.34. The van der Waals surface area contributed by atoms with E-state index in [4.69, 9.17) is 4.74 Å². The van der Waals surface area contributed by atoms with Crippen molar-refractivity contribution < 1.29 is 23.5 Å². The largest absolute Gasteiger partial charge is 0.444 e. The number of ether oxygens (including phenoxy) is 1. The van der Waals surface area contributed by atoms with Crippen LogP contribution in [-0.4, -0.2) is 59.6 Å². The van der Waals surface area contributed by atoms with E-state index in [1.807, 2.05) is 45.6 Å². The van der Waals surface area contributed by atoms with Crippen LogP contribution in [0.3, 0.4) is 0 Å². The average molecular weight is 568 g/mol. The number of allylic oxidation sites excluding steroid dienone is 3. The summed E-state index contributed by atoms with van der Waals surface area (Å²) in [6, 6.07) is 4.24. The van der Waals surface area contributed by atoms with Gasteiger partial charge in [-0.2, -0.15) is 0 Å². The molecule has 0 unspecified atom stereocenters. The van der Waals surface area contributed by atoms with Gasteiger partial charge in [-0.15, -0.1) is 11.3 Å². The van der Waals surface area contributed by atoms with Crippen LogP contribution in [0.4, 0.5) is 25.7 Å². The smallest absolute Gasteiger partial charge is 0.410 e. The monoisotopic (exact) mass is 567 g/mol. The molecule has 5 rings (SSSR count). The number of carbonyl (C=O) groups excluding carboxylic acids is 3. The average Bonchev–Trinajstić information content (AvgIpc) is 3.45. The Hall–Kier alpha value is -3.73. The van der Waals surface area contributed by atoms with Crippen molar-refractivity contribution in [3.05, 3.63) is 58.5 Å². The van der Waals surface area contributed by atoms with Crippen LogP contribution in [0, 0.1) is 11.2 Å². The van der Waals surface area contributed by atoms with Crippen LogP contribution in [0.25, 0.3) is 0 Å². The van der Waals surface area contributed by atoms with E-state index in [-0.39, 0.29) is 17.7 Å². The molecule has 0 atom stereocenters. The second kappa shape index (κ2) is 10.3. The van der Waals surface area contributed by atoms with E-state index in [1.54, 1.807) is 21.2 Å². The van der Waals surface area contributed by atoms with Crippen LogP contribution in [0.1, 0.15) is 57.9 Å². The lowest BCUT2D eigenvalue weighted by molar-refractivity contribution is -0.123. The highest BCUT2D eigenvalue weighted by atomic mass is 32.1. The standard InChI is InChI=1S/C29H34FN5O4S/c1-28(2,3)39-27(38)34-14-12-33(13-15-34)23-11-10-18(30)16-20(23)31-24(36)21-17-40-26(32-21)35-22-9-7-6-8-19(22)29(4,5)25(35)37/h6,8,10-11,16-17H,7,9,12-15H2,1-5H3,(H,31,36). The molecule has 212 valence electrons. The fourth-order valence-electron chi connectivity index (χ4n) is 5.17. The topological polar surface area (TPSA) is 95.1 Å². The summed E-state index contributed by atoms with van der Waals surface area (Å²) in [4.78, 5) is 48.8. The van der Waals surface area contributed by atoms with Gasteiger partial charge >= 0.3 is 6.09 Å². The Morgan fingerprint density at radius 1 is 1.15 bits per heavy atom. The Bertz CT molecular complexity index is 1420. The molecule has 0 spiro atoms. The van der Waals surface area contributed by atoms with Crippen LogP contribution < -0.4 is 15.1 Å². The predicted octanol–water partition coefficient (Wildman–Crippen LogP) is 5.57. The molecule has 1 N–H and O–H groups in total. The lowest BCUT2D eigenvalue weighted by atomic mass is 9.83. The quantitative estimate of drug-likeness (QED) is 0.519. The summed E-state index contributed by atoms with van der Waals surface area (Å²) in [5.41, 5.74) is 1.78. The summed E-state index contributed by atoms with van der Waals surface area (Å²) >= 11 is 1.23. The maximum absolute atomic E-state index is 14.3. The number of anilines is 3. The minimum absolute atomic E-state index is 0.0664. The Morgan fingerprint density at radius 2 is 1.88 bits per heavy atom. The van der Waals surface area contributed by atoms with E-state index < -0.39 is 22.7 Å². The molecule has 0 radical (unpaired) electrons. The van der Waals surface area contributed by atoms with Crippen LogP contribution in [0.2, 0.25) is 0 Å². The number of hydrogen-bond donors (Lipinski definition) is 1. The number of aromatic nitrogens is 1. The van der Waals surface area contributed by atoms with E-state index in [2.05, 4.69) is 16.4 Å². The summed E-state index contributed by atoms with van der Waals surface area (Å²) in [7, 11) is 0. The third-order valence-corrected chi connectivity index (χ3v) is 8.04. The van der Waals surface area contributed by atoms with Gasteiger partial charge in [-0.05, 0) is 71.2 Å². The number of nitrogens with one attached hydrogen (secondary N) is 1. The van der Waals surface area contributed by atoms with Gasteiger partial charge in [-0.3, -0.25) is 14.5 Å². The van der Waals surface area contributed by atoms with Gasteiger partial charge in [0, 0.05) is 37.3 Å². The van der Waals surface area contributed by atoms with Crippen molar-refractivity contribution in [2.24, 2.45) is 5.41 Å².